The Balaban J connectivity index is 1.99. The van der Waals surface area contributed by atoms with Crippen LogP contribution in [0.1, 0.15) is 19.4 Å². The zero-order chi connectivity index (χ0) is 21.5. The summed E-state index contributed by atoms with van der Waals surface area (Å²) in [6.45, 7) is 4.01. The Hall–Kier alpha value is -3.61. The SMILES string of the molecule is CCOc1ccc(OC)cc1CN(C(C)=O)c1cccnc1Oc1ccccc1F. The topological polar surface area (TPSA) is 60.9 Å². The van der Waals surface area contributed by atoms with E-state index in [4.69, 9.17) is 14.2 Å². The highest BCUT2D eigenvalue weighted by molar-refractivity contribution is 5.92. The first-order valence-corrected chi connectivity index (χ1v) is 9.48. The summed E-state index contributed by atoms with van der Waals surface area (Å²) in [4.78, 5) is 18.3. The van der Waals surface area contributed by atoms with Crippen molar-refractivity contribution in [3.63, 3.8) is 0 Å². The minimum absolute atomic E-state index is 0.0253. The zero-order valence-corrected chi connectivity index (χ0v) is 17.1. The molecular formula is C23H23FN2O4. The average Bonchev–Trinajstić information content (AvgIpc) is 2.75. The van der Waals surface area contributed by atoms with E-state index < -0.39 is 5.82 Å². The molecule has 1 heterocycles. The second-order valence-electron chi connectivity index (χ2n) is 6.37. The lowest BCUT2D eigenvalue weighted by atomic mass is 10.1. The molecule has 6 nitrogen and oxygen atoms in total. The standard InChI is InChI=1S/C23H23FN2O4/c1-4-29-21-12-11-18(28-3)14-17(21)15-26(16(2)27)20-9-7-13-25-23(20)30-22-10-6-5-8-19(22)24/h5-14H,4,15H2,1-3H3. The largest absolute Gasteiger partial charge is 0.497 e. The third kappa shape index (κ3) is 4.86. The van der Waals surface area contributed by atoms with Gasteiger partial charge in [-0.25, -0.2) is 9.37 Å². The number of amides is 1. The average molecular weight is 410 g/mol. The highest BCUT2D eigenvalue weighted by Gasteiger charge is 2.21. The molecule has 0 fully saturated rings. The Morgan fingerprint density at radius 3 is 2.60 bits per heavy atom. The first-order chi connectivity index (χ1) is 14.5. The highest BCUT2D eigenvalue weighted by Crippen LogP contribution is 2.34. The first-order valence-electron chi connectivity index (χ1n) is 9.48. The van der Waals surface area contributed by atoms with Crippen molar-refractivity contribution in [2.45, 2.75) is 20.4 Å². The van der Waals surface area contributed by atoms with E-state index in [0.717, 1.165) is 5.56 Å². The number of ether oxygens (including phenoxy) is 3. The van der Waals surface area contributed by atoms with Crippen LogP contribution in [0, 0.1) is 5.82 Å². The fourth-order valence-corrected chi connectivity index (χ4v) is 2.94. The number of nitrogens with zero attached hydrogens (tertiary/aromatic N) is 2. The molecule has 2 aromatic carbocycles. The number of pyridine rings is 1. The van der Waals surface area contributed by atoms with Crippen LogP contribution in [-0.4, -0.2) is 24.6 Å². The van der Waals surface area contributed by atoms with Gasteiger partial charge in [-0.05, 0) is 49.4 Å². The number of halogens is 1. The summed E-state index contributed by atoms with van der Waals surface area (Å²) in [6.07, 6.45) is 1.52. The van der Waals surface area contributed by atoms with Gasteiger partial charge in [-0.1, -0.05) is 12.1 Å². The Bertz CT molecular complexity index is 1030. The van der Waals surface area contributed by atoms with Gasteiger partial charge >= 0.3 is 0 Å². The molecule has 0 spiro atoms. The lowest BCUT2D eigenvalue weighted by Gasteiger charge is -2.24. The van der Waals surface area contributed by atoms with Crippen molar-refractivity contribution < 1.29 is 23.4 Å². The Labute approximate surface area is 174 Å². The monoisotopic (exact) mass is 410 g/mol. The third-order valence-electron chi connectivity index (χ3n) is 4.36. The Morgan fingerprint density at radius 2 is 1.90 bits per heavy atom. The quantitative estimate of drug-likeness (QED) is 0.525. The number of anilines is 1. The first kappa shape index (κ1) is 21.1. The lowest BCUT2D eigenvalue weighted by molar-refractivity contribution is -0.116. The van der Waals surface area contributed by atoms with Gasteiger partial charge in [0.15, 0.2) is 11.6 Å². The van der Waals surface area contributed by atoms with E-state index in [1.54, 1.807) is 43.5 Å². The van der Waals surface area contributed by atoms with E-state index >= 15 is 0 Å². The van der Waals surface area contributed by atoms with Gasteiger partial charge in [0.25, 0.3) is 0 Å². The van der Waals surface area contributed by atoms with Gasteiger partial charge < -0.3 is 19.1 Å². The molecule has 3 aromatic rings. The molecular weight excluding hydrogens is 387 g/mol. The maximum Gasteiger partial charge on any atom is 0.243 e. The van der Waals surface area contributed by atoms with Gasteiger partial charge in [0.1, 0.15) is 17.2 Å². The van der Waals surface area contributed by atoms with Crippen molar-refractivity contribution in [2.24, 2.45) is 0 Å². The summed E-state index contributed by atoms with van der Waals surface area (Å²) in [5, 5.41) is 0. The number of benzene rings is 2. The fourth-order valence-electron chi connectivity index (χ4n) is 2.94. The molecule has 0 aliphatic carbocycles. The molecule has 1 amide bonds. The molecule has 156 valence electrons. The molecule has 0 saturated heterocycles. The van der Waals surface area contributed by atoms with Crippen LogP contribution in [0.2, 0.25) is 0 Å². The van der Waals surface area contributed by atoms with Crippen LogP contribution in [-0.2, 0) is 11.3 Å². The molecule has 30 heavy (non-hydrogen) atoms. The van der Waals surface area contributed by atoms with Crippen LogP contribution in [0.4, 0.5) is 10.1 Å². The summed E-state index contributed by atoms with van der Waals surface area (Å²) >= 11 is 0. The van der Waals surface area contributed by atoms with Gasteiger partial charge in [-0.3, -0.25) is 4.79 Å². The van der Waals surface area contributed by atoms with Crippen LogP contribution in [0.5, 0.6) is 23.1 Å². The number of methoxy groups -OCH3 is 1. The molecule has 0 aliphatic heterocycles. The van der Waals surface area contributed by atoms with Crippen LogP contribution >= 0.6 is 0 Å². The second-order valence-corrected chi connectivity index (χ2v) is 6.37. The maximum atomic E-state index is 14.1. The van der Waals surface area contributed by atoms with E-state index in [-0.39, 0.29) is 24.1 Å². The Kier molecular flexibility index (Phi) is 6.85. The molecule has 0 N–H and O–H groups in total. The minimum Gasteiger partial charge on any atom is -0.497 e. The third-order valence-corrected chi connectivity index (χ3v) is 4.36. The molecule has 0 saturated carbocycles. The predicted octanol–water partition coefficient (Wildman–Crippen LogP) is 4.97. The molecule has 0 unspecified atom stereocenters. The van der Waals surface area contributed by atoms with Gasteiger partial charge in [0, 0.05) is 18.7 Å². The van der Waals surface area contributed by atoms with Gasteiger partial charge in [-0.2, -0.15) is 0 Å². The fraction of sp³-hybridized carbons (Fsp3) is 0.217. The number of hydrogen-bond acceptors (Lipinski definition) is 5. The number of carbonyl (C=O) groups excluding carboxylic acids is 1. The van der Waals surface area contributed by atoms with Crippen LogP contribution < -0.4 is 19.1 Å². The number of rotatable bonds is 8. The molecule has 7 heteroatoms. The second kappa shape index (κ2) is 9.73. The summed E-state index contributed by atoms with van der Waals surface area (Å²) < 4.78 is 30.8. The van der Waals surface area contributed by atoms with Crippen molar-refractivity contribution in [2.75, 3.05) is 18.6 Å². The van der Waals surface area contributed by atoms with E-state index in [2.05, 4.69) is 4.98 Å². The summed E-state index contributed by atoms with van der Waals surface area (Å²) in [6, 6.07) is 14.8. The lowest BCUT2D eigenvalue weighted by Crippen LogP contribution is -2.28. The zero-order valence-electron chi connectivity index (χ0n) is 17.1. The number of aromatic nitrogens is 1. The van der Waals surface area contributed by atoms with Gasteiger partial charge in [0.2, 0.25) is 11.8 Å². The maximum absolute atomic E-state index is 14.1. The van der Waals surface area contributed by atoms with Crippen molar-refractivity contribution in [1.82, 2.24) is 4.98 Å². The van der Waals surface area contributed by atoms with Crippen molar-refractivity contribution in [1.29, 1.82) is 0 Å². The summed E-state index contributed by atoms with van der Waals surface area (Å²) in [5.41, 5.74) is 1.17. The van der Waals surface area contributed by atoms with E-state index in [9.17, 15) is 9.18 Å². The predicted molar refractivity (Wildman–Crippen MR) is 112 cm³/mol. The van der Waals surface area contributed by atoms with Crippen LogP contribution in [0.15, 0.2) is 60.8 Å². The Morgan fingerprint density at radius 1 is 1.10 bits per heavy atom. The number of para-hydroxylation sites is 1. The highest BCUT2D eigenvalue weighted by atomic mass is 19.1. The molecule has 0 aliphatic rings. The van der Waals surface area contributed by atoms with Crippen molar-refractivity contribution >= 4 is 11.6 Å². The van der Waals surface area contributed by atoms with E-state index in [0.29, 0.717) is 23.8 Å². The van der Waals surface area contributed by atoms with E-state index in [1.807, 2.05) is 13.0 Å². The molecule has 3 rings (SSSR count). The van der Waals surface area contributed by atoms with Crippen molar-refractivity contribution in [3.05, 3.63) is 72.2 Å². The molecule has 0 bridgehead atoms. The summed E-state index contributed by atoms with van der Waals surface area (Å²) in [7, 11) is 1.57. The van der Waals surface area contributed by atoms with E-state index in [1.165, 1.54) is 30.2 Å². The van der Waals surface area contributed by atoms with Gasteiger partial charge in [0.05, 0.1) is 20.3 Å². The minimum atomic E-state index is -0.519. The summed E-state index contributed by atoms with van der Waals surface area (Å²) in [5.74, 6) is 0.688. The molecule has 0 atom stereocenters. The number of hydrogen-bond donors (Lipinski definition) is 0. The normalized spacial score (nSPS) is 10.4. The van der Waals surface area contributed by atoms with Crippen molar-refractivity contribution in [3.8, 4) is 23.1 Å². The van der Waals surface area contributed by atoms with Crippen LogP contribution in [0.3, 0.4) is 0 Å². The number of carbonyl (C=O) groups is 1. The van der Waals surface area contributed by atoms with Gasteiger partial charge in [-0.15, -0.1) is 0 Å². The van der Waals surface area contributed by atoms with Crippen LogP contribution in [0.25, 0.3) is 0 Å². The molecule has 0 radical (unpaired) electrons. The smallest absolute Gasteiger partial charge is 0.243 e. The molecule has 1 aromatic heterocycles.